The van der Waals surface area contributed by atoms with Crippen LogP contribution in [0.15, 0.2) is 36.5 Å². The van der Waals surface area contributed by atoms with Crippen molar-refractivity contribution in [2.24, 2.45) is 0 Å². The van der Waals surface area contributed by atoms with Crippen molar-refractivity contribution in [1.82, 2.24) is 5.32 Å². The molecular formula is C63H123N2O6P. The third-order valence-corrected chi connectivity index (χ3v) is 15.3. The summed E-state index contributed by atoms with van der Waals surface area (Å²) in [6, 6.07) is -0.887. The topological polar surface area (TPSA) is 108 Å². The summed E-state index contributed by atoms with van der Waals surface area (Å²) in [5.74, 6) is -0.193. The first-order valence-electron chi connectivity index (χ1n) is 31.4. The van der Waals surface area contributed by atoms with Crippen LogP contribution in [0.1, 0.15) is 309 Å². The Morgan fingerprint density at radius 2 is 0.806 bits per heavy atom. The van der Waals surface area contributed by atoms with Gasteiger partial charge >= 0.3 is 0 Å². The van der Waals surface area contributed by atoms with Crippen LogP contribution >= 0.6 is 7.82 Å². The van der Waals surface area contributed by atoms with E-state index < -0.39 is 20.0 Å². The van der Waals surface area contributed by atoms with Crippen LogP contribution in [0, 0.1) is 0 Å². The van der Waals surface area contributed by atoms with E-state index in [1.165, 1.54) is 244 Å². The van der Waals surface area contributed by atoms with Gasteiger partial charge in [0.25, 0.3) is 7.82 Å². The normalized spacial score (nSPS) is 14.0. The number of quaternary nitrogens is 1. The van der Waals surface area contributed by atoms with Gasteiger partial charge in [0.15, 0.2) is 0 Å². The fraction of sp³-hybridized carbons (Fsp3) is 0.889. The molecule has 72 heavy (non-hydrogen) atoms. The molecule has 0 rings (SSSR count). The molecule has 0 aromatic heterocycles. The highest BCUT2D eigenvalue weighted by Gasteiger charge is 2.23. The number of carbonyl (C=O) groups excluding carboxylic acids is 1. The summed E-state index contributed by atoms with van der Waals surface area (Å²) in [7, 11) is 1.27. The molecule has 0 fully saturated rings. The maximum atomic E-state index is 13.0. The molecule has 0 aliphatic carbocycles. The summed E-state index contributed by atoms with van der Waals surface area (Å²) in [6.07, 6.45) is 70.9. The first-order valence-corrected chi connectivity index (χ1v) is 32.8. The van der Waals surface area contributed by atoms with Crippen LogP contribution in [-0.4, -0.2) is 68.5 Å². The molecule has 0 spiro atoms. The minimum absolute atomic E-state index is 0.000301. The van der Waals surface area contributed by atoms with Gasteiger partial charge in [0.05, 0.1) is 39.9 Å². The molecule has 0 aromatic carbocycles. The molecular weight excluding hydrogens is 912 g/mol. The Labute approximate surface area is 448 Å². The molecule has 2 N–H and O–H groups in total. The highest BCUT2D eigenvalue weighted by Crippen LogP contribution is 2.38. The van der Waals surface area contributed by atoms with E-state index in [0.29, 0.717) is 17.4 Å². The zero-order valence-electron chi connectivity index (χ0n) is 48.6. The standard InChI is InChI=1S/C63H123N2O6P/c1-6-8-10-12-14-16-18-20-22-24-26-28-30-31-32-33-35-37-39-41-43-45-47-49-51-53-55-57-63(67)64-61(60-71-72(68,69)70-59-58-65(3,4)5)62(66)56-54-52-50-48-46-44-42-40-38-36-34-29-27-25-23-21-19-17-15-13-11-9-7-2/h18,20,24,26,54,56,61-62,66H,6-17,19,21-23,25,27-53,55,57-60H2,1-5H3,(H-,64,67,68,69)/b20-18-,26-24-,56-54+. The minimum atomic E-state index is -4.60. The van der Waals surface area contributed by atoms with Crippen LogP contribution in [0.3, 0.4) is 0 Å². The highest BCUT2D eigenvalue weighted by atomic mass is 31.2. The molecule has 8 nitrogen and oxygen atoms in total. The first kappa shape index (κ1) is 70.7. The number of hydrogen-bond acceptors (Lipinski definition) is 6. The number of hydrogen-bond donors (Lipinski definition) is 2. The van der Waals surface area contributed by atoms with Gasteiger partial charge in [-0.3, -0.25) is 9.36 Å². The lowest BCUT2D eigenvalue weighted by molar-refractivity contribution is -0.870. The van der Waals surface area contributed by atoms with Crippen LogP contribution in [0.2, 0.25) is 0 Å². The van der Waals surface area contributed by atoms with Crippen LogP contribution < -0.4 is 10.2 Å². The smallest absolute Gasteiger partial charge is 0.268 e. The lowest BCUT2D eigenvalue weighted by Gasteiger charge is -2.29. The number of amides is 1. The van der Waals surface area contributed by atoms with Gasteiger partial charge < -0.3 is 28.8 Å². The number of phosphoric ester groups is 1. The van der Waals surface area contributed by atoms with Gasteiger partial charge in [-0.1, -0.05) is 288 Å². The van der Waals surface area contributed by atoms with Crippen LogP contribution in [0.5, 0.6) is 0 Å². The molecule has 0 aliphatic rings. The zero-order valence-corrected chi connectivity index (χ0v) is 49.5. The Bertz CT molecular complexity index is 1270. The van der Waals surface area contributed by atoms with Crippen molar-refractivity contribution in [2.45, 2.75) is 321 Å². The first-order chi connectivity index (χ1) is 35.0. The molecule has 0 bridgehead atoms. The monoisotopic (exact) mass is 1030 g/mol. The Morgan fingerprint density at radius 1 is 0.486 bits per heavy atom. The Hall–Kier alpha value is -1.28. The third-order valence-electron chi connectivity index (χ3n) is 14.3. The second kappa shape index (κ2) is 54.5. The maximum absolute atomic E-state index is 13.0. The van der Waals surface area contributed by atoms with E-state index in [-0.39, 0.29) is 19.1 Å². The average molecular weight is 1040 g/mol. The van der Waals surface area contributed by atoms with E-state index in [4.69, 9.17) is 9.05 Å². The largest absolute Gasteiger partial charge is 0.756 e. The minimum Gasteiger partial charge on any atom is -0.756 e. The van der Waals surface area contributed by atoms with Crippen LogP contribution in [0.25, 0.3) is 0 Å². The molecule has 1 amide bonds. The molecule has 0 saturated carbocycles. The molecule has 9 heteroatoms. The molecule has 0 heterocycles. The van der Waals surface area contributed by atoms with Gasteiger partial charge in [0, 0.05) is 6.42 Å². The molecule has 3 atom stereocenters. The molecule has 0 radical (unpaired) electrons. The lowest BCUT2D eigenvalue weighted by Crippen LogP contribution is -2.45. The summed E-state index contributed by atoms with van der Waals surface area (Å²) in [6.45, 7) is 4.68. The van der Waals surface area contributed by atoms with Gasteiger partial charge in [-0.2, -0.15) is 0 Å². The average Bonchev–Trinajstić information content (AvgIpc) is 3.34. The fourth-order valence-electron chi connectivity index (χ4n) is 9.42. The number of nitrogens with one attached hydrogen (secondary N) is 1. The molecule has 0 saturated heterocycles. The number of aliphatic hydroxyl groups excluding tert-OH is 1. The van der Waals surface area contributed by atoms with Crippen molar-refractivity contribution in [3.05, 3.63) is 36.5 Å². The SMILES string of the molecule is CCCCCCC/C=C\C/C=C\CCCCCCCCCCCCCCCCCC(=O)NC(COP(=O)([O-])OCC[N+](C)(C)C)C(O)/C=C/CCCCCCCCCCCCCCCCCCCCCCC. The van der Waals surface area contributed by atoms with Crippen molar-refractivity contribution < 1.29 is 32.9 Å². The second-order valence-corrected chi connectivity index (χ2v) is 24.2. The van der Waals surface area contributed by atoms with Crippen molar-refractivity contribution >= 4 is 13.7 Å². The predicted octanol–water partition coefficient (Wildman–Crippen LogP) is 18.7. The van der Waals surface area contributed by atoms with Crippen LogP contribution in [-0.2, 0) is 18.4 Å². The summed E-state index contributed by atoms with van der Waals surface area (Å²) < 4.78 is 23.4. The second-order valence-electron chi connectivity index (χ2n) is 22.8. The maximum Gasteiger partial charge on any atom is 0.268 e. The van der Waals surface area contributed by atoms with Gasteiger partial charge in [0.2, 0.25) is 5.91 Å². The summed E-state index contributed by atoms with van der Waals surface area (Å²) >= 11 is 0. The zero-order chi connectivity index (χ0) is 52.7. The Kier molecular flexibility index (Phi) is 53.5. The number of rotatable bonds is 58. The van der Waals surface area contributed by atoms with Gasteiger partial charge in [-0.25, -0.2) is 0 Å². The predicted molar refractivity (Wildman–Crippen MR) is 311 cm³/mol. The summed E-state index contributed by atoms with van der Waals surface area (Å²) in [5.41, 5.74) is 0. The van der Waals surface area contributed by atoms with E-state index in [2.05, 4.69) is 43.5 Å². The van der Waals surface area contributed by atoms with Gasteiger partial charge in [-0.15, -0.1) is 0 Å². The van der Waals surface area contributed by atoms with Crippen molar-refractivity contribution in [3.63, 3.8) is 0 Å². The number of carbonyl (C=O) groups is 1. The lowest BCUT2D eigenvalue weighted by atomic mass is 10.0. The molecule has 3 unspecified atom stereocenters. The van der Waals surface area contributed by atoms with Crippen molar-refractivity contribution in [3.8, 4) is 0 Å². The number of unbranched alkanes of at least 4 members (excludes halogenated alkanes) is 41. The van der Waals surface area contributed by atoms with E-state index in [9.17, 15) is 19.4 Å². The van der Waals surface area contributed by atoms with Gasteiger partial charge in [0.1, 0.15) is 13.2 Å². The van der Waals surface area contributed by atoms with Crippen molar-refractivity contribution in [2.75, 3.05) is 40.9 Å². The molecule has 0 aromatic rings. The number of nitrogens with zero attached hydrogens (tertiary/aromatic N) is 1. The highest BCUT2D eigenvalue weighted by molar-refractivity contribution is 7.45. The quantitative estimate of drug-likeness (QED) is 0.0272. The van der Waals surface area contributed by atoms with E-state index in [1.54, 1.807) is 6.08 Å². The molecule has 0 aliphatic heterocycles. The number of likely N-dealkylation sites (N-methyl/N-ethyl adjacent to an activating group) is 1. The van der Waals surface area contributed by atoms with E-state index in [1.807, 2.05) is 27.2 Å². The number of phosphoric acid groups is 1. The summed E-state index contributed by atoms with van der Waals surface area (Å²) in [4.78, 5) is 25.6. The third kappa shape index (κ3) is 56.4. The van der Waals surface area contributed by atoms with Crippen LogP contribution in [0.4, 0.5) is 0 Å². The van der Waals surface area contributed by atoms with E-state index in [0.717, 1.165) is 44.9 Å². The Morgan fingerprint density at radius 3 is 1.15 bits per heavy atom. The summed E-state index contributed by atoms with van der Waals surface area (Å²) in [5, 5.41) is 13.9. The number of allylic oxidation sites excluding steroid dienone is 5. The van der Waals surface area contributed by atoms with Crippen molar-refractivity contribution in [1.29, 1.82) is 0 Å². The number of aliphatic hydroxyl groups is 1. The fourth-order valence-corrected chi connectivity index (χ4v) is 10.1. The molecule has 426 valence electrons. The van der Waals surface area contributed by atoms with Gasteiger partial charge in [-0.05, 0) is 51.4 Å². The van der Waals surface area contributed by atoms with E-state index >= 15 is 0 Å². The Balaban J connectivity index is 4.14.